The molecule has 2 aliphatic rings. The predicted molar refractivity (Wildman–Crippen MR) is 148 cm³/mol. The van der Waals surface area contributed by atoms with Crippen molar-refractivity contribution in [3.63, 3.8) is 0 Å². The average molecular weight is 547 g/mol. The van der Waals surface area contributed by atoms with Gasteiger partial charge in [0, 0.05) is 17.2 Å². The van der Waals surface area contributed by atoms with Crippen LogP contribution in [0.3, 0.4) is 0 Å². The van der Waals surface area contributed by atoms with Crippen LogP contribution in [0.5, 0.6) is 0 Å². The summed E-state index contributed by atoms with van der Waals surface area (Å²) in [6, 6.07) is 23.5. The number of nitrogens with one attached hydrogen (secondary N) is 1. The number of aromatic nitrogens is 2. The average Bonchev–Trinajstić information content (AvgIpc) is 3.68. The first kappa shape index (κ1) is 24.7. The van der Waals surface area contributed by atoms with E-state index in [1.165, 1.54) is 28.8 Å². The van der Waals surface area contributed by atoms with Gasteiger partial charge in [-0.25, -0.2) is 9.07 Å². The molecule has 6 nitrogen and oxygen atoms in total. The van der Waals surface area contributed by atoms with Crippen molar-refractivity contribution in [2.75, 3.05) is 17.2 Å². The van der Waals surface area contributed by atoms with E-state index in [2.05, 4.69) is 5.32 Å². The van der Waals surface area contributed by atoms with E-state index in [9.17, 15) is 14.0 Å². The van der Waals surface area contributed by atoms with Crippen molar-refractivity contribution < 1.29 is 14.0 Å². The fourth-order valence-corrected chi connectivity index (χ4v) is 6.08. The quantitative estimate of drug-likeness (QED) is 0.333. The Bertz CT molecular complexity index is 1510. The normalized spacial score (nSPS) is 17.2. The molecule has 1 aliphatic carbocycles. The lowest BCUT2D eigenvalue weighted by molar-refractivity contribution is -0.123. The van der Waals surface area contributed by atoms with Crippen LogP contribution < -0.4 is 10.2 Å². The molecule has 2 amide bonds. The van der Waals surface area contributed by atoms with Crippen molar-refractivity contribution in [3.05, 3.63) is 101 Å². The van der Waals surface area contributed by atoms with E-state index in [1.807, 2.05) is 48.5 Å². The summed E-state index contributed by atoms with van der Waals surface area (Å²) < 4.78 is 15.5. The van der Waals surface area contributed by atoms with Crippen LogP contribution in [0.25, 0.3) is 16.9 Å². The molecule has 192 valence electrons. The molecule has 9 heteroatoms. The Morgan fingerprint density at radius 1 is 1.03 bits per heavy atom. The molecule has 0 spiro atoms. The molecule has 1 N–H and O–H groups in total. The summed E-state index contributed by atoms with van der Waals surface area (Å²) in [5, 5.41) is 8.13. The first-order valence-corrected chi connectivity index (χ1v) is 13.8. The largest absolute Gasteiger partial charge is 0.352 e. The van der Waals surface area contributed by atoms with Gasteiger partial charge >= 0.3 is 0 Å². The smallest absolute Gasteiger partial charge is 0.240 e. The topological polar surface area (TPSA) is 67.2 Å². The molecule has 38 heavy (non-hydrogen) atoms. The number of rotatable bonds is 6. The molecule has 6 rings (SSSR count). The summed E-state index contributed by atoms with van der Waals surface area (Å²) in [7, 11) is 0. The zero-order valence-electron chi connectivity index (χ0n) is 20.3. The third-order valence-corrected chi connectivity index (χ3v) is 8.21. The highest BCUT2D eigenvalue weighted by Crippen LogP contribution is 2.48. The first-order valence-electron chi connectivity index (χ1n) is 12.4. The van der Waals surface area contributed by atoms with Gasteiger partial charge in [0.1, 0.15) is 18.2 Å². The minimum absolute atomic E-state index is 0.136. The van der Waals surface area contributed by atoms with E-state index in [0.29, 0.717) is 22.2 Å². The van der Waals surface area contributed by atoms with Crippen LogP contribution in [0.15, 0.2) is 78.9 Å². The van der Waals surface area contributed by atoms with Crippen molar-refractivity contribution >= 4 is 41.0 Å². The predicted octanol–water partition coefficient (Wildman–Crippen LogP) is 5.78. The number of para-hydroxylation sites is 1. The Morgan fingerprint density at radius 3 is 2.45 bits per heavy atom. The lowest BCUT2D eigenvalue weighted by Crippen LogP contribution is -2.43. The van der Waals surface area contributed by atoms with Gasteiger partial charge in [0.25, 0.3) is 0 Å². The summed E-state index contributed by atoms with van der Waals surface area (Å²) in [4.78, 5) is 28.2. The number of carbonyl (C=O) groups excluding carboxylic acids is 2. The molecule has 2 heterocycles. The minimum atomic E-state index is -0.336. The van der Waals surface area contributed by atoms with E-state index >= 15 is 0 Å². The van der Waals surface area contributed by atoms with Crippen molar-refractivity contribution in [2.24, 2.45) is 0 Å². The molecule has 0 unspecified atom stereocenters. The third-order valence-electron chi connectivity index (χ3n) is 6.63. The highest BCUT2D eigenvalue weighted by molar-refractivity contribution is 8.00. The van der Waals surface area contributed by atoms with Gasteiger partial charge in [-0.15, -0.1) is 11.8 Å². The van der Waals surface area contributed by atoms with E-state index < -0.39 is 0 Å². The molecule has 1 saturated carbocycles. The maximum absolute atomic E-state index is 13.9. The fraction of sp³-hybridized carbons (Fsp3) is 0.207. The molecule has 1 fully saturated rings. The van der Waals surface area contributed by atoms with E-state index in [4.69, 9.17) is 16.7 Å². The maximum Gasteiger partial charge on any atom is 0.240 e. The number of hydrogen-bond acceptors (Lipinski definition) is 4. The zero-order valence-corrected chi connectivity index (χ0v) is 21.9. The van der Waals surface area contributed by atoms with Crippen molar-refractivity contribution in [1.82, 2.24) is 15.1 Å². The Labute approximate surface area is 228 Å². The van der Waals surface area contributed by atoms with Crippen LogP contribution in [0.2, 0.25) is 5.02 Å². The van der Waals surface area contributed by atoms with Gasteiger partial charge in [-0.05, 0) is 42.7 Å². The molecule has 0 saturated heterocycles. The van der Waals surface area contributed by atoms with Crippen LogP contribution >= 0.6 is 23.4 Å². The van der Waals surface area contributed by atoms with Gasteiger partial charge in [-0.2, -0.15) is 5.10 Å². The SMILES string of the molecule is O=C(CN1C(=O)CS[C@@H](c2ccc(F)cc2)c2c(-c3ccccc3)nn(-c3ccccc3Cl)c21)NC1CC1. The summed E-state index contributed by atoms with van der Waals surface area (Å²) in [6.07, 6.45) is 1.90. The standard InChI is InChI=1S/C29H24ClFN4O2S/c30-22-8-4-5-9-23(22)35-29-26(27(33-35)18-6-2-1-3-7-18)28(19-10-12-20(31)13-11-19)38-17-25(37)34(29)16-24(36)32-21-14-15-21/h1-13,21,28H,14-17H2,(H,32,36)/t28-/m0/s1. The molecule has 1 aromatic heterocycles. The molecular weight excluding hydrogens is 523 g/mol. The van der Waals surface area contributed by atoms with Gasteiger partial charge in [-0.3, -0.25) is 14.5 Å². The van der Waals surface area contributed by atoms with Crippen molar-refractivity contribution in [1.29, 1.82) is 0 Å². The Balaban J connectivity index is 1.61. The van der Waals surface area contributed by atoms with Gasteiger partial charge in [-0.1, -0.05) is 66.2 Å². The first-order chi connectivity index (χ1) is 18.5. The van der Waals surface area contributed by atoms with Gasteiger partial charge in [0.15, 0.2) is 0 Å². The summed E-state index contributed by atoms with van der Waals surface area (Å²) in [5.74, 6) is -0.126. The molecule has 1 atom stereocenters. The second kappa shape index (κ2) is 10.3. The number of carbonyl (C=O) groups is 2. The lowest BCUT2D eigenvalue weighted by Gasteiger charge is -2.23. The van der Waals surface area contributed by atoms with Gasteiger partial charge in [0.05, 0.1) is 27.4 Å². The molecule has 0 bridgehead atoms. The lowest BCUT2D eigenvalue weighted by atomic mass is 9.99. The van der Waals surface area contributed by atoms with Crippen LogP contribution in [0.4, 0.5) is 10.2 Å². The van der Waals surface area contributed by atoms with Crippen molar-refractivity contribution in [2.45, 2.75) is 24.1 Å². The Hall–Kier alpha value is -3.62. The highest BCUT2D eigenvalue weighted by Gasteiger charge is 2.38. The van der Waals surface area contributed by atoms with E-state index in [1.54, 1.807) is 22.9 Å². The van der Waals surface area contributed by atoms with E-state index in [-0.39, 0.29) is 41.2 Å². The highest BCUT2D eigenvalue weighted by atomic mass is 35.5. The second-order valence-electron chi connectivity index (χ2n) is 9.38. The van der Waals surface area contributed by atoms with Crippen molar-refractivity contribution in [3.8, 4) is 16.9 Å². The summed E-state index contributed by atoms with van der Waals surface area (Å²) in [5.41, 5.74) is 3.74. The number of halogens is 2. The van der Waals surface area contributed by atoms with E-state index in [0.717, 1.165) is 29.5 Å². The number of anilines is 1. The number of hydrogen-bond donors (Lipinski definition) is 1. The molecular formula is C29H24ClFN4O2S. The van der Waals surface area contributed by atoms with Crippen LogP contribution in [0, 0.1) is 5.82 Å². The molecule has 0 radical (unpaired) electrons. The Kier molecular flexibility index (Phi) is 6.68. The van der Waals surface area contributed by atoms with Gasteiger partial charge in [0.2, 0.25) is 11.8 Å². The van der Waals surface area contributed by atoms with Crippen LogP contribution in [-0.4, -0.2) is 39.9 Å². The fourth-order valence-electron chi connectivity index (χ4n) is 4.67. The maximum atomic E-state index is 13.9. The molecule has 3 aromatic carbocycles. The monoisotopic (exact) mass is 546 g/mol. The summed E-state index contributed by atoms with van der Waals surface area (Å²) in [6.45, 7) is -0.136. The minimum Gasteiger partial charge on any atom is -0.352 e. The Morgan fingerprint density at radius 2 is 1.74 bits per heavy atom. The van der Waals surface area contributed by atoms with Gasteiger partial charge < -0.3 is 5.32 Å². The number of nitrogens with zero attached hydrogens (tertiary/aromatic N) is 3. The summed E-state index contributed by atoms with van der Waals surface area (Å²) >= 11 is 8.09. The molecule has 4 aromatic rings. The second-order valence-corrected chi connectivity index (χ2v) is 10.9. The van der Waals surface area contributed by atoms with Crippen LogP contribution in [0.1, 0.15) is 29.2 Å². The number of fused-ring (bicyclic) bond motifs is 1. The number of amides is 2. The molecule has 1 aliphatic heterocycles. The zero-order chi connectivity index (χ0) is 26.2. The third kappa shape index (κ3) is 4.81. The number of benzene rings is 3. The van der Waals surface area contributed by atoms with Crippen LogP contribution in [-0.2, 0) is 9.59 Å². The number of thioether (sulfide) groups is 1.